The highest BCUT2D eigenvalue weighted by molar-refractivity contribution is 5.22. The Morgan fingerprint density at radius 2 is 1.93 bits per heavy atom. The van der Waals surface area contributed by atoms with Crippen molar-refractivity contribution in [3.8, 4) is 0 Å². The van der Waals surface area contributed by atoms with Gasteiger partial charge in [0.15, 0.2) is 0 Å². The number of nitrogens with two attached hydrogens (primary N) is 1. The molecule has 0 aromatic rings. The summed E-state index contributed by atoms with van der Waals surface area (Å²) in [6.45, 7) is 6.51. The zero-order valence-electron chi connectivity index (χ0n) is 10.3. The molecule has 0 saturated heterocycles. The lowest BCUT2D eigenvalue weighted by molar-refractivity contribution is -0.0190. The van der Waals surface area contributed by atoms with Gasteiger partial charge in [0, 0.05) is 6.54 Å². The summed E-state index contributed by atoms with van der Waals surface area (Å²) in [7, 11) is 0. The number of rotatable bonds is 2. The third-order valence-corrected chi connectivity index (χ3v) is 3.61. The molecule has 0 aromatic carbocycles. The van der Waals surface area contributed by atoms with Gasteiger partial charge < -0.3 is 10.8 Å². The number of hydrogen-bond donors (Lipinski definition) is 2. The van der Waals surface area contributed by atoms with Crippen LogP contribution in [-0.2, 0) is 0 Å². The Balaban J connectivity index is 2.94. The van der Waals surface area contributed by atoms with Crippen molar-refractivity contribution in [2.45, 2.75) is 58.5 Å². The van der Waals surface area contributed by atoms with E-state index < -0.39 is 5.60 Å². The van der Waals surface area contributed by atoms with Crippen LogP contribution >= 0.6 is 0 Å². The fourth-order valence-electron chi connectivity index (χ4n) is 2.31. The Morgan fingerprint density at radius 1 is 1.27 bits per heavy atom. The Labute approximate surface area is 93.6 Å². The zero-order chi connectivity index (χ0) is 11.5. The molecule has 1 rings (SSSR count). The molecule has 0 aromatic heterocycles. The van der Waals surface area contributed by atoms with Crippen molar-refractivity contribution in [2.75, 3.05) is 6.54 Å². The summed E-state index contributed by atoms with van der Waals surface area (Å²) < 4.78 is 0. The number of allylic oxidation sites excluding steroid dienone is 1. The van der Waals surface area contributed by atoms with E-state index in [0.717, 1.165) is 18.4 Å². The van der Waals surface area contributed by atoms with E-state index in [4.69, 9.17) is 5.73 Å². The molecule has 1 unspecified atom stereocenters. The minimum atomic E-state index is -0.822. The van der Waals surface area contributed by atoms with E-state index in [1.807, 2.05) is 0 Å². The first-order chi connectivity index (χ1) is 6.92. The SMILES string of the molecule is CC(C)(C)C(O)(CN)C1=CCCCCC1. The standard InChI is InChI=1S/C13H25NO/c1-12(2,3)13(15,10-14)11-8-6-4-5-7-9-11/h8,15H,4-7,9-10,14H2,1-3H3. The van der Waals surface area contributed by atoms with Crippen molar-refractivity contribution in [1.29, 1.82) is 0 Å². The molecule has 0 aliphatic heterocycles. The van der Waals surface area contributed by atoms with E-state index in [1.165, 1.54) is 19.3 Å². The van der Waals surface area contributed by atoms with Gasteiger partial charge in [0.2, 0.25) is 0 Å². The largest absolute Gasteiger partial charge is 0.384 e. The average molecular weight is 211 g/mol. The van der Waals surface area contributed by atoms with Crippen LogP contribution in [0.4, 0.5) is 0 Å². The normalized spacial score (nSPS) is 22.9. The molecule has 1 atom stereocenters. The van der Waals surface area contributed by atoms with Crippen LogP contribution in [0.25, 0.3) is 0 Å². The molecule has 15 heavy (non-hydrogen) atoms. The summed E-state index contributed by atoms with van der Waals surface area (Å²) in [5, 5.41) is 10.7. The average Bonchev–Trinajstić information content (AvgIpc) is 2.43. The Morgan fingerprint density at radius 3 is 2.47 bits per heavy atom. The van der Waals surface area contributed by atoms with Gasteiger partial charge in [0.05, 0.1) is 0 Å². The molecule has 88 valence electrons. The van der Waals surface area contributed by atoms with Gasteiger partial charge in [-0.3, -0.25) is 0 Å². The molecule has 2 nitrogen and oxygen atoms in total. The topological polar surface area (TPSA) is 46.2 Å². The van der Waals surface area contributed by atoms with Crippen LogP contribution in [0.15, 0.2) is 11.6 Å². The van der Waals surface area contributed by atoms with E-state index >= 15 is 0 Å². The predicted octanol–water partition coefficient (Wildman–Crippen LogP) is 2.61. The summed E-state index contributed by atoms with van der Waals surface area (Å²) in [5.41, 5.74) is 5.94. The smallest absolute Gasteiger partial charge is 0.103 e. The second-order valence-corrected chi connectivity index (χ2v) is 5.64. The molecule has 2 heteroatoms. The van der Waals surface area contributed by atoms with Crippen LogP contribution in [0.5, 0.6) is 0 Å². The first kappa shape index (κ1) is 12.7. The maximum absolute atomic E-state index is 10.7. The maximum Gasteiger partial charge on any atom is 0.103 e. The van der Waals surface area contributed by atoms with E-state index in [0.29, 0.717) is 6.54 Å². The summed E-state index contributed by atoms with van der Waals surface area (Å²) in [6.07, 6.45) is 8.01. The fourth-order valence-corrected chi connectivity index (χ4v) is 2.31. The van der Waals surface area contributed by atoms with Crippen molar-refractivity contribution < 1.29 is 5.11 Å². The lowest BCUT2D eigenvalue weighted by Crippen LogP contribution is -2.50. The van der Waals surface area contributed by atoms with Gasteiger partial charge in [-0.1, -0.05) is 33.3 Å². The third-order valence-electron chi connectivity index (χ3n) is 3.61. The number of aliphatic hydroxyl groups is 1. The molecule has 0 heterocycles. The Bertz CT molecular complexity index is 239. The number of hydrogen-bond acceptors (Lipinski definition) is 2. The van der Waals surface area contributed by atoms with Gasteiger partial charge in [-0.15, -0.1) is 0 Å². The molecular formula is C13H25NO. The molecule has 0 saturated carbocycles. The maximum atomic E-state index is 10.7. The first-order valence-corrected chi connectivity index (χ1v) is 6.04. The summed E-state index contributed by atoms with van der Waals surface area (Å²) >= 11 is 0. The molecule has 0 radical (unpaired) electrons. The van der Waals surface area contributed by atoms with Crippen LogP contribution in [0, 0.1) is 5.41 Å². The Kier molecular flexibility index (Phi) is 3.96. The predicted molar refractivity (Wildman–Crippen MR) is 64.6 cm³/mol. The van der Waals surface area contributed by atoms with Crippen LogP contribution in [-0.4, -0.2) is 17.3 Å². The summed E-state index contributed by atoms with van der Waals surface area (Å²) in [4.78, 5) is 0. The second-order valence-electron chi connectivity index (χ2n) is 5.64. The highest BCUT2D eigenvalue weighted by Crippen LogP contribution is 2.39. The lowest BCUT2D eigenvalue weighted by Gasteiger charge is -2.41. The van der Waals surface area contributed by atoms with Crippen molar-refractivity contribution in [2.24, 2.45) is 11.1 Å². The van der Waals surface area contributed by atoms with E-state index in [9.17, 15) is 5.11 Å². The van der Waals surface area contributed by atoms with Gasteiger partial charge in [0.1, 0.15) is 5.60 Å². The van der Waals surface area contributed by atoms with Gasteiger partial charge in [-0.2, -0.15) is 0 Å². The van der Waals surface area contributed by atoms with Gasteiger partial charge >= 0.3 is 0 Å². The zero-order valence-corrected chi connectivity index (χ0v) is 10.3. The minimum Gasteiger partial charge on any atom is -0.384 e. The molecule has 0 spiro atoms. The molecule has 1 aliphatic carbocycles. The van der Waals surface area contributed by atoms with Crippen molar-refractivity contribution in [1.82, 2.24) is 0 Å². The lowest BCUT2D eigenvalue weighted by atomic mass is 9.70. The molecular weight excluding hydrogens is 186 g/mol. The van der Waals surface area contributed by atoms with E-state index in [-0.39, 0.29) is 5.41 Å². The molecule has 1 aliphatic rings. The summed E-state index contributed by atoms with van der Waals surface area (Å²) in [6, 6.07) is 0. The fraction of sp³-hybridized carbons (Fsp3) is 0.846. The quantitative estimate of drug-likeness (QED) is 0.690. The third kappa shape index (κ3) is 2.61. The monoisotopic (exact) mass is 211 g/mol. The molecule has 0 amide bonds. The van der Waals surface area contributed by atoms with Crippen molar-refractivity contribution >= 4 is 0 Å². The van der Waals surface area contributed by atoms with Crippen molar-refractivity contribution in [3.63, 3.8) is 0 Å². The van der Waals surface area contributed by atoms with Crippen molar-refractivity contribution in [3.05, 3.63) is 11.6 Å². The first-order valence-electron chi connectivity index (χ1n) is 6.04. The van der Waals surface area contributed by atoms with Crippen LogP contribution < -0.4 is 5.73 Å². The van der Waals surface area contributed by atoms with E-state index in [1.54, 1.807) is 0 Å². The molecule has 0 fully saturated rings. The molecule has 3 N–H and O–H groups in total. The Hall–Kier alpha value is -0.340. The van der Waals surface area contributed by atoms with Gasteiger partial charge in [-0.25, -0.2) is 0 Å². The van der Waals surface area contributed by atoms with Gasteiger partial charge in [-0.05, 0) is 36.7 Å². The molecule has 0 bridgehead atoms. The van der Waals surface area contributed by atoms with Crippen LogP contribution in [0.3, 0.4) is 0 Å². The van der Waals surface area contributed by atoms with Gasteiger partial charge in [0.25, 0.3) is 0 Å². The van der Waals surface area contributed by atoms with E-state index in [2.05, 4.69) is 26.8 Å². The summed E-state index contributed by atoms with van der Waals surface area (Å²) in [5.74, 6) is 0. The second kappa shape index (κ2) is 4.67. The van der Waals surface area contributed by atoms with Crippen LogP contribution in [0.1, 0.15) is 52.9 Å². The van der Waals surface area contributed by atoms with Crippen LogP contribution in [0.2, 0.25) is 0 Å². The highest BCUT2D eigenvalue weighted by atomic mass is 16.3. The minimum absolute atomic E-state index is 0.183. The highest BCUT2D eigenvalue weighted by Gasteiger charge is 2.41.